The molecule has 2 unspecified atom stereocenters. The molecule has 0 saturated carbocycles. The van der Waals surface area contributed by atoms with Gasteiger partial charge in [-0.25, -0.2) is 8.42 Å². The van der Waals surface area contributed by atoms with Crippen LogP contribution in [-0.4, -0.2) is 63.1 Å². The topological polar surface area (TPSA) is 89.7 Å². The van der Waals surface area contributed by atoms with Gasteiger partial charge in [0, 0.05) is 19.7 Å². The molecular weight excluding hydrogens is 268 g/mol. The lowest BCUT2D eigenvalue weighted by atomic mass is 10.1. The first-order chi connectivity index (χ1) is 8.91. The molecule has 6 nitrogen and oxygen atoms in total. The molecule has 0 spiro atoms. The fraction of sp³-hybridized carbons (Fsp3) is 0.917. The number of unbranched alkanes of at least 4 members (excludes halogenated alkanes) is 1. The molecule has 1 saturated heterocycles. The first-order valence-corrected chi connectivity index (χ1v) is 8.48. The van der Waals surface area contributed by atoms with Gasteiger partial charge in [-0.15, -0.1) is 0 Å². The summed E-state index contributed by atoms with van der Waals surface area (Å²) in [5, 5.41) is 0. The minimum Gasteiger partial charge on any atom is -0.383 e. The Labute approximate surface area is 115 Å². The number of hydrogen-bond donors (Lipinski definition) is 1. The third-order valence-electron chi connectivity index (χ3n) is 3.35. The lowest BCUT2D eigenvalue weighted by molar-refractivity contribution is -0.135. The number of amides is 1. The number of methoxy groups -OCH3 is 1. The van der Waals surface area contributed by atoms with Crippen LogP contribution >= 0.6 is 0 Å². The quantitative estimate of drug-likeness (QED) is 0.700. The number of sulfone groups is 1. The van der Waals surface area contributed by atoms with Crippen molar-refractivity contribution in [3.63, 3.8) is 0 Å². The van der Waals surface area contributed by atoms with Crippen molar-refractivity contribution in [3.8, 4) is 0 Å². The number of rotatable bonds is 7. The highest BCUT2D eigenvalue weighted by atomic mass is 32.2. The van der Waals surface area contributed by atoms with Gasteiger partial charge in [0.25, 0.3) is 0 Å². The van der Waals surface area contributed by atoms with E-state index in [9.17, 15) is 13.2 Å². The standard InChI is InChI=1S/C12H24N2O4S/c1-3-4-6-14(12(15)11(13)8-18-2)10-5-7-19(16,17)9-10/h10-11H,3-9,13H2,1-2H3. The Balaban J connectivity index is 2.74. The second kappa shape index (κ2) is 7.21. The van der Waals surface area contributed by atoms with Crippen LogP contribution in [0.3, 0.4) is 0 Å². The zero-order chi connectivity index (χ0) is 14.5. The van der Waals surface area contributed by atoms with Crippen LogP contribution in [0.5, 0.6) is 0 Å². The molecule has 0 bridgehead atoms. The lowest BCUT2D eigenvalue weighted by Crippen LogP contribution is -2.51. The Morgan fingerprint density at radius 1 is 1.53 bits per heavy atom. The summed E-state index contributed by atoms with van der Waals surface area (Å²) in [5.41, 5.74) is 5.77. The average molecular weight is 292 g/mol. The zero-order valence-electron chi connectivity index (χ0n) is 11.7. The van der Waals surface area contributed by atoms with Crippen molar-refractivity contribution in [3.05, 3.63) is 0 Å². The molecule has 2 atom stereocenters. The van der Waals surface area contributed by atoms with Gasteiger partial charge in [-0.2, -0.15) is 0 Å². The highest BCUT2D eigenvalue weighted by Gasteiger charge is 2.35. The summed E-state index contributed by atoms with van der Waals surface area (Å²) < 4.78 is 28.0. The van der Waals surface area contributed by atoms with Gasteiger partial charge in [-0.3, -0.25) is 4.79 Å². The smallest absolute Gasteiger partial charge is 0.242 e. The summed E-state index contributed by atoms with van der Waals surface area (Å²) >= 11 is 0. The molecule has 19 heavy (non-hydrogen) atoms. The Morgan fingerprint density at radius 3 is 2.68 bits per heavy atom. The Morgan fingerprint density at radius 2 is 2.21 bits per heavy atom. The maximum atomic E-state index is 12.3. The molecule has 2 N–H and O–H groups in total. The van der Waals surface area contributed by atoms with E-state index >= 15 is 0 Å². The normalized spacial score (nSPS) is 23.2. The summed E-state index contributed by atoms with van der Waals surface area (Å²) in [6.07, 6.45) is 2.31. The molecule has 1 aliphatic rings. The zero-order valence-corrected chi connectivity index (χ0v) is 12.5. The summed E-state index contributed by atoms with van der Waals surface area (Å²) in [6.45, 7) is 2.75. The molecule has 0 aromatic carbocycles. The van der Waals surface area contributed by atoms with Crippen LogP contribution in [0.15, 0.2) is 0 Å². The van der Waals surface area contributed by atoms with Crippen LogP contribution in [0.4, 0.5) is 0 Å². The van der Waals surface area contributed by atoms with E-state index in [2.05, 4.69) is 0 Å². The molecular formula is C12H24N2O4S. The van der Waals surface area contributed by atoms with Crippen molar-refractivity contribution in [1.82, 2.24) is 4.90 Å². The molecule has 0 aromatic heterocycles. The molecule has 1 rings (SSSR count). The van der Waals surface area contributed by atoms with Crippen LogP contribution in [-0.2, 0) is 19.4 Å². The Hall–Kier alpha value is -0.660. The van der Waals surface area contributed by atoms with Gasteiger partial charge in [0.15, 0.2) is 9.84 Å². The van der Waals surface area contributed by atoms with Gasteiger partial charge in [-0.05, 0) is 12.8 Å². The van der Waals surface area contributed by atoms with Crippen LogP contribution in [0.25, 0.3) is 0 Å². The summed E-state index contributed by atoms with van der Waals surface area (Å²) in [4.78, 5) is 13.9. The summed E-state index contributed by atoms with van der Waals surface area (Å²) in [7, 11) is -1.51. The number of ether oxygens (including phenoxy) is 1. The van der Waals surface area contributed by atoms with Gasteiger partial charge in [0.1, 0.15) is 6.04 Å². The van der Waals surface area contributed by atoms with Crippen molar-refractivity contribution in [2.45, 2.75) is 38.3 Å². The Bertz CT molecular complexity index is 397. The van der Waals surface area contributed by atoms with Gasteiger partial charge >= 0.3 is 0 Å². The fourth-order valence-electron chi connectivity index (χ4n) is 2.29. The van der Waals surface area contributed by atoms with E-state index in [1.54, 1.807) is 4.90 Å². The van der Waals surface area contributed by atoms with Crippen LogP contribution in [0.1, 0.15) is 26.2 Å². The van der Waals surface area contributed by atoms with Gasteiger partial charge in [-0.1, -0.05) is 13.3 Å². The molecule has 1 heterocycles. The van der Waals surface area contributed by atoms with Crippen LogP contribution in [0, 0.1) is 0 Å². The number of carbonyl (C=O) groups excluding carboxylic acids is 1. The number of nitrogens with zero attached hydrogens (tertiary/aromatic N) is 1. The van der Waals surface area contributed by atoms with E-state index < -0.39 is 15.9 Å². The molecule has 0 aliphatic carbocycles. The van der Waals surface area contributed by atoms with E-state index in [-0.39, 0.29) is 30.1 Å². The predicted octanol–water partition coefficient (Wildman–Crippen LogP) is -0.224. The first kappa shape index (κ1) is 16.4. The second-order valence-electron chi connectivity index (χ2n) is 5.00. The lowest BCUT2D eigenvalue weighted by Gasteiger charge is -2.30. The largest absolute Gasteiger partial charge is 0.383 e. The minimum atomic E-state index is -3.00. The van der Waals surface area contributed by atoms with E-state index in [0.717, 1.165) is 12.8 Å². The molecule has 0 aromatic rings. The third-order valence-corrected chi connectivity index (χ3v) is 5.10. The van der Waals surface area contributed by atoms with Gasteiger partial charge in [0.2, 0.25) is 5.91 Å². The summed E-state index contributed by atoms with van der Waals surface area (Å²) in [5.74, 6) is 0.00676. The predicted molar refractivity (Wildman–Crippen MR) is 73.5 cm³/mol. The van der Waals surface area contributed by atoms with E-state index in [4.69, 9.17) is 10.5 Å². The van der Waals surface area contributed by atoms with Crippen LogP contribution in [0.2, 0.25) is 0 Å². The molecule has 0 radical (unpaired) electrons. The van der Waals surface area contributed by atoms with Gasteiger partial charge < -0.3 is 15.4 Å². The van der Waals surface area contributed by atoms with Crippen LogP contribution < -0.4 is 5.73 Å². The first-order valence-electron chi connectivity index (χ1n) is 6.66. The molecule has 1 fully saturated rings. The maximum Gasteiger partial charge on any atom is 0.242 e. The number of hydrogen-bond acceptors (Lipinski definition) is 5. The highest BCUT2D eigenvalue weighted by molar-refractivity contribution is 7.91. The minimum absolute atomic E-state index is 0.0577. The summed E-state index contributed by atoms with van der Waals surface area (Å²) in [6, 6.07) is -0.947. The van der Waals surface area contributed by atoms with Crippen molar-refractivity contribution in [1.29, 1.82) is 0 Å². The SMILES string of the molecule is CCCCN(C(=O)C(N)COC)C1CCS(=O)(=O)C1. The van der Waals surface area contributed by atoms with E-state index in [1.807, 2.05) is 6.92 Å². The Kier molecular flexibility index (Phi) is 6.22. The van der Waals surface area contributed by atoms with Crippen molar-refractivity contribution >= 4 is 15.7 Å². The molecule has 112 valence electrons. The molecule has 1 amide bonds. The number of nitrogens with two attached hydrogens (primary N) is 1. The second-order valence-corrected chi connectivity index (χ2v) is 7.23. The van der Waals surface area contributed by atoms with Crippen molar-refractivity contribution < 1.29 is 17.9 Å². The van der Waals surface area contributed by atoms with Gasteiger partial charge in [0.05, 0.1) is 18.1 Å². The third kappa shape index (κ3) is 4.74. The van der Waals surface area contributed by atoms with Crippen molar-refractivity contribution in [2.75, 3.05) is 31.8 Å². The molecule has 1 aliphatic heterocycles. The molecule has 7 heteroatoms. The highest BCUT2D eigenvalue weighted by Crippen LogP contribution is 2.19. The monoisotopic (exact) mass is 292 g/mol. The van der Waals surface area contributed by atoms with E-state index in [0.29, 0.717) is 13.0 Å². The van der Waals surface area contributed by atoms with E-state index in [1.165, 1.54) is 7.11 Å². The maximum absolute atomic E-state index is 12.3. The average Bonchev–Trinajstić information content (AvgIpc) is 2.70. The number of carbonyl (C=O) groups is 1. The van der Waals surface area contributed by atoms with Crippen molar-refractivity contribution in [2.24, 2.45) is 5.73 Å². The fourth-order valence-corrected chi connectivity index (χ4v) is 4.02.